The molecule has 1 atom stereocenters. The Balaban J connectivity index is 2.05. The van der Waals surface area contributed by atoms with Crippen LogP contribution in [-0.2, 0) is 6.54 Å². The molecule has 0 aromatic heterocycles. The van der Waals surface area contributed by atoms with Gasteiger partial charge in [-0.1, -0.05) is 54.1 Å². The van der Waals surface area contributed by atoms with E-state index in [1.807, 2.05) is 0 Å². The predicted molar refractivity (Wildman–Crippen MR) is 79.2 cm³/mol. The second kappa shape index (κ2) is 5.55. The van der Waals surface area contributed by atoms with Crippen molar-refractivity contribution < 1.29 is 0 Å². The number of fused-ring (bicyclic) bond motifs is 1. The van der Waals surface area contributed by atoms with E-state index >= 15 is 0 Å². The molecule has 0 saturated carbocycles. The smallest absolute Gasteiger partial charge is 0.0580 e. The molecule has 2 aromatic rings. The molecule has 0 bridgehead atoms. The van der Waals surface area contributed by atoms with Crippen molar-refractivity contribution in [2.45, 2.75) is 19.5 Å². The van der Waals surface area contributed by atoms with Crippen molar-refractivity contribution in [2.75, 3.05) is 13.1 Å². The number of aryl methyl sites for hydroxylation is 1. The fraction of sp³-hybridized carbons (Fsp3) is 0.294. The van der Waals surface area contributed by atoms with Crippen molar-refractivity contribution in [1.82, 2.24) is 10.6 Å². The Bertz CT molecular complexity index is 548. The van der Waals surface area contributed by atoms with Gasteiger partial charge in [-0.3, -0.25) is 0 Å². The Labute approximate surface area is 114 Å². The summed E-state index contributed by atoms with van der Waals surface area (Å²) in [4.78, 5) is 0. The Morgan fingerprint density at radius 2 is 1.84 bits per heavy atom. The largest absolute Gasteiger partial charge is 0.311 e. The molecule has 1 heterocycles. The number of benzene rings is 2. The maximum absolute atomic E-state index is 3.65. The van der Waals surface area contributed by atoms with Crippen LogP contribution < -0.4 is 10.6 Å². The molecule has 0 amide bonds. The first kappa shape index (κ1) is 12.4. The van der Waals surface area contributed by atoms with E-state index in [0.717, 1.165) is 19.6 Å². The van der Waals surface area contributed by atoms with Crippen molar-refractivity contribution in [2.24, 2.45) is 0 Å². The highest BCUT2D eigenvalue weighted by molar-refractivity contribution is 5.40. The van der Waals surface area contributed by atoms with Crippen molar-refractivity contribution in [1.29, 1.82) is 0 Å². The Morgan fingerprint density at radius 3 is 2.68 bits per heavy atom. The third-order valence-corrected chi connectivity index (χ3v) is 3.71. The third kappa shape index (κ3) is 2.70. The van der Waals surface area contributed by atoms with E-state index in [1.165, 1.54) is 22.3 Å². The molecule has 0 fully saturated rings. The first-order chi connectivity index (χ1) is 9.34. The van der Waals surface area contributed by atoms with Gasteiger partial charge in [-0.2, -0.15) is 0 Å². The van der Waals surface area contributed by atoms with Crippen molar-refractivity contribution in [3.63, 3.8) is 0 Å². The van der Waals surface area contributed by atoms with Gasteiger partial charge < -0.3 is 10.6 Å². The Morgan fingerprint density at radius 1 is 1.00 bits per heavy atom. The van der Waals surface area contributed by atoms with Gasteiger partial charge in [0.2, 0.25) is 0 Å². The van der Waals surface area contributed by atoms with Crippen LogP contribution in [0.15, 0.2) is 48.5 Å². The molecular formula is C17H20N2. The van der Waals surface area contributed by atoms with Crippen LogP contribution >= 0.6 is 0 Å². The van der Waals surface area contributed by atoms with Gasteiger partial charge in [0, 0.05) is 19.6 Å². The van der Waals surface area contributed by atoms with Crippen molar-refractivity contribution in [3.05, 3.63) is 70.8 Å². The first-order valence-electron chi connectivity index (χ1n) is 6.93. The maximum atomic E-state index is 3.65. The molecule has 0 saturated heterocycles. The van der Waals surface area contributed by atoms with Crippen LogP contribution in [0.25, 0.3) is 0 Å². The molecule has 1 aliphatic heterocycles. The minimum absolute atomic E-state index is 0.305. The predicted octanol–water partition coefficient (Wildman–Crippen LogP) is 2.78. The second-order valence-electron chi connectivity index (χ2n) is 5.18. The molecule has 3 rings (SSSR count). The summed E-state index contributed by atoms with van der Waals surface area (Å²) in [5, 5.41) is 7.13. The number of hydrogen-bond donors (Lipinski definition) is 2. The highest BCUT2D eigenvalue weighted by Gasteiger charge is 2.18. The second-order valence-corrected chi connectivity index (χ2v) is 5.18. The zero-order valence-corrected chi connectivity index (χ0v) is 11.3. The number of rotatable bonds is 1. The lowest BCUT2D eigenvalue weighted by Crippen LogP contribution is -2.34. The van der Waals surface area contributed by atoms with E-state index < -0.39 is 0 Å². The molecule has 1 unspecified atom stereocenters. The van der Waals surface area contributed by atoms with E-state index in [2.05, 4.69) is 66.1 Å². The Kier molecular flexibility index (Phi) is 3.62. The minimum atomic E-state index is 0.305. The van der Waals surface area contributed by atoms with Gasteiger partial charge in [-0.05, 0) is 23.6 Å². The maximum Gasteiger partial charge on any atom is 0.0580 e. The summed E-state index contributed by atoms with van der Waals surface area (Å²) in [7, 11) is 0. The molecule has 19 heavy (non-hydrogen) atoms. The summed E-state index contributed by atoms with van der Waals surface area (Å²) in [6.07, 6.45) is 0. The lowest BCUT2D eigenvalue weighted by atomic mass is 9.92. The number of hydrogen-bond acceptors (Lipinski definition) is 2. The molecule has 1 aliphatic rings. The van der Waals surface area contributed by atoms with E-state index in [1.54, 1.807) is 0 Å². The summed E-state index contributed by atoms with van der Waals surface area (Å²) in [6, 6.07) is 17.8. The van der Waals surface area contributed by atoms with Gasteiger partial charge in [0.05, 0.1) is 6.04 Å². The lowest BCUT2D eigenvalue weighted by Gasteiger charge is -2.26. The molecule has 0 spiro atoms. The van der Waals surface area contributed by atoms with Gasteiger partial charge in [0.15, 0.2) is 0 Å². The van der Waals surface area contributed by atoms with Crippen molar-refractivity contribution in [3.8, 4) is 0 Å². The quantitative estimate of drug-likeness (QED) is 0.815. The fourth-order valence-electron chi connectivity index (χ4n) is 2.75. The van der Waals surface area contributed by atoms with Gasteiger partial charge in [-0.15, -0.1) is 0 Å². The summed E-state index contributed by atoms with van der Waals surface area (Å²) in [5.74, 6) is 0. The molecular weight excluding hydrogens is 232 g/mol. The van der Waals surface area contributed by atoms with Crippen LogP contribution in [0.4, 0.5) is 0 Å². The highest BCUT2D eigenvalue weighted by Crippen LogP contribution is 2.26. The molecule has 2 nitrogen and oxygen atoms in total. The highest BCUT2D eigenvalue weighted by atomic mass is 15.0. The molecule has 2 heteroatoms. The van der Waals surface area contributed by atoms with Gasteiger partial charge in [0.25, 0.3) is 0 Å². The van der Waals surface area contributed by atoms with Crippen LogP contribution in [0, 0.1) is 6.92 Å². The van der Waals surface area contributed by atoms with E-state index in [-0.39, 0.29) is 0 Å². The summed E-state index contributed by atoms with van der Waals surface area (Å²) in [5.41, 5.74) is 5.47. The Hall–Kier alpha value is -1.64. The number of nitrogens with one attached hydrogen (secondary N) is 2. The van der Waals surface area contributed by atoms with Crippen LogP contribution in [-0.4, -0.2) is 13.1 Å². The average molecular weight is 252 g/mol. The van der Waals surface area contributed by atoms with E-state index in [0.29, 0.717) is 6.04 Å². The fourth-order valence-corrected chi connectivity index (χ4v) is 2.75. The molecule has 2 aromatic carbocycles. The average Bonchev–Trinajstić information content (AvgIpc) is 2.42. The third-order valence-electron chi connectivity index (χ3n) is 3.71. The summed E-state index contributed by atoms with van der Waals surface area (Å²) < 4.78 is 0. The molecule has 0 radical (unpaired) electrons. The normalized spacial score (nSPS) is 19.3. The van der Waals surface area contributed by atoms with Gasteiger partial charge >= 0.3 is 0 Å². The summed E-state index contributed by atoms with van der Waals surface area (Å²) in [6.45, 7) is 5.12. The van der Waals surface area contributed by atoms with Crippen LogP contribution in [0.3, 0.4) is 0 Å². The first-order valence-corrected chi connectivity index (χ1v) is 6.93. The van der Waals surface area contributed by atoms with E-state index in [4.69, 9.17) is 0 Å². The van der Waals surface area contributed by atoms with Crippen LogP contribution in [0.5, 0.6) is 0 Å². The van der Waals surface area contributed by atoms with Gasteiger partial charge in [0.1, 0.15) is 0 Å². The zero-order chi connectivity index (χ0) is 13.1. The lowest BCUT2D eigenvalue weighted by molar-refractivity contribution is 0.538. The monoisotopic (exact) mass is 252 g/mol. The minimum Gasteiger partial charge on any atom is -0.311 e. The van der Waals surface area contributed by atoms with E-state index in [9.17, 15) is 0 Å². The summed E-state index contributed by atoms with van der Waals surface area (Å²) >= 11 is 0. The zero-order valence-electron chi connectivity index (χ0n) is 11.3. The van der Waals surface area contributed by atoms with Crippen molar-refractivity contribution >= 4 is 0 Å². The van der Waals surface area contributed by atoms with Gasteiger partial charge in [-0.25, -0.2) is 0 Å². The molecule has 2 N–H and O–H groups in total. The standard InChI is InChI=1S/C17H20N2/c1-13-7-8-16-15(11-13)12-18-9-10-19-17(16)14-5-3-2-4-6-14/h2-8,11,17-19H,9-10,12H2,1H3. The van der Waals surface area contributed by atoms with Crippen LogP contribution in [0.2, 0.25) is 0 Å². The van der Waals surface area contributed by atoms with Crippen LogP contribution in [0.1, 0.15) is 28.3 Å². The molecule has 0 aliphatic carbocycles. The SMILES string of the molecule is Cc1ccc2c(c1)CNCCNC2c1ccccc1. The topological polar surface area (TPSA) is 24.1 Å². The molecule has 98 valence electrons.